The lowest BCUT2D eigenvalue weighted by Gasteiger charge is -2.13. The van der Waals surface area contributed by atoms with Crippen LogP contribution in [0.1, 0.15) is 32.0 Å². The van der Waals surface area contributed by atoms with Gasteiger partial charge in [-0.15, -0.1) is 0 Å². The summed E-state index contributed by atoms with van der Waals surface area (Å²) >= 11 is 0. The average Bonchev–Trinajstić information content (AvgIpc) is 3.17. The highest BCUT2D eigenvalue weighted by Gasteiger charge is 2.20. The zero-order chi connectivity index (χ0) is 22.8. The van der Waals surface area contributed by atoms with Gasteiger partial charge >= 0.3 is 5.97 Å². The predicted octanol–water partition coefficient (Wildman–Crippen LogP) is 4.08. The number of fused-ring (bicyclic) bond motifs is 1. The Balaban J connectivity index is 1.77. The Hall–Kier alpha value is -4.20. The molecular weight excluding hydrogens is 408 g/mol. The molecule has 2 heterocycles. The predicted molar refractivity (Wildman–Crippen MR) is 121 cm³/mol. The van der Waals surface area contributed by atoms with Gasteiger partial charge in [-0.1, -0.05) is 24.3 Å². The molecule has 4 rings (SSSR count). The normalized spacial score (nSPS) is 10.8. The number of carbonyl (C=O) groups excluding carboxylic acids is 2. The molecule has 162 valence electrons. The van der Waals surface area contributed by atoms with Crippen molar-refractivity contribution >= 4 is 28.6 Å². The van der Waals surface area contributed by atoms with Gasteiger partial charge in [-0.2, -0.15) is 9.78 Å². The number of hydrogen-bond donors (Lipinski definition) is 1. The number of ether oxygens (including phenoxy) is 2. The molecule has 8 nitrogen and oxygen atoms in total. The fraction of sp³-hybridized carbons (Fsp3) is 0.167. The topological polar surface area (TPSA) is 95.3 Å². The van der Waals surface area contributed by atoms with Crippen molar-refractivity contribution < 1.29 is 19.1 Å². The molecule has 0 atom stereocenters. The molecule has 1 N–H and O–H groups in total. The van der Waals surface area contributed by atoms with E-state index in [2.05, 4.69) is 10.4 Å². The maximum absolute atomic E-state index is 13.0. The first-order valence-corrected chi connectivity index (χ1v) is 9.93. The Morgan fingerprint density at radius 3 is 2.44 bits per heavy atom. The molecule has 0 radical (unpaired) electrons. The van der Waals surface area contributed by atoms with E-state index >= 15 is 0 Å². The van der Waals surface area contributed by atoms with Crippen LogP contribution < -0.4 is 10.1 Å². The van der Waals surface area contributed by atoms with Crippen molar-refractivity contribution in [1.29, 1.82) is 0 Å². The van der Waals surface area contributed by atoms with E-state index < -0.39 is 11.9 Å². The molecule has 4 aromatic rings. The van der Waals surface area contributed by atoms with E-state index in [0.29, 0.717) is 28.6 Å². The standard InChI is InChI=1S/C24H22N4O4/c1-14-12-20(25-22-16(14)10-7-11-19(22)31-3)28-21(13-15(2)27-28)26-23(29)17-8-5-6-9-18(17)24(30)32-4/h5-13H,1-4H3,(H,26,29). The third-order valence-corrected chi connectivity index (χ3v) is 5.08. The largest absolute Gasteiger partial charge is 0.494 e. The number of carbonyl (C=O) groups is 2. The summed E-state index contributed by atoms with van der Waals surface area (Å²) < 4.78 is 11.8. The van der Waals surface area contributed by atoms with Gasteiger partial charge in [-0.05, 0) is 43.7 Å². The van der Waals surface area contributed by atoms with Crippen molar-refractivity contribution in [3.8, 4) is 11.6 Å². The number of para-hydroxylation sites is 1. The molecule has 2 aromatic carbocycles. The van der Waals surface area contributed by atoms with E-state index in [0.717, 1.165) is 10.9 Å². The van der Waals surface area contributed by atoms with Gasteiger partial charge in [0.15, 0.2) is 5.82 Å². The second-order valence-corrected chi connectivity index (χ2v) is 7.23. The minimum Gasteiger partial charge on any atom is -0.494 e. The Bertz CT molecular complexity index is 1340. The molecule has 0 saturated carbocycles. The minimum atomic E-state index is -0.584. The van der Waals surface area contributed by atoms with Gasteiger partial charge < -0.3 is 14.8 Å². The Morgan fingerprint density at radius 1 is 0.969 bits per heavy atom. The van der Waals surface area contributed by atoms with E-state index in [9.17, 15) is 9.59 Å². The van der Waals surface area contributed by atoms with Gasteiger partial charge in [-0.3, -0.25) is 4.79 Å². The number of aryl methyl sites for hydroxylation is 2. The summed E-state index contributed by atoms with van der Waals surface area (Å²) in [7, 11) is 2.87. The van der Waals surface area contributed by atoms with Crippen molar-refractivity contribution in [1.82, 2.24) is 14.8 Å². The Labute approximate surface area is 184 Å². The molecule has 8 heteroatoms. The van der Waals surface area contributed by atoms with E-state index in [1.165, 1.54) is 7.11 Å². The summed E-state index contributed by atoms with van der Waals surface area (Å²) in [5.41, 5.74) is 2.77. The van der Waals surface area contributed by atoms with Crippen LogP contribution in [-0.4, -0.2) is 40.9 Å². The second kappa shape index (κ2) is 8.50. The van der Waals surface area contributed by atoms with Crippen molar-refractivity contribution in [2.24, 2.45) is 0 Å². The molecule has 0 fully saturated rings. The summed E-state index contributed by atoms with van der Waals surface area (Å²) in [6.45, 7) is 3.80. The minimum absolute atomic E-state index is 0.180. The maximum atomic E-state index is 13.0. The molecule has 0 aliphatic carbocycles. The van der Waals surface area contributed by atoms with Crippen LogP contribution in [0.25, 0.3) is 16.7 Å². The fourth-order valence-electron chi connectivity index (χ4n) is 3.56. The monoisotopic (exact) mass is 430 g/mol. The first kappa shape index (κ1) is 21.0. The second-order valence-electron chi connectivity index (χ2n) is 7.23. The van der Waals surface area contributed by atoms with Crippen LogP contribution in [0.15, 0.2) is 54.6 Å². The molecule has 0 bridgehead atoms. The van der Waals surface area contributed by atoms with Crippen LogP contribution in [-0.2, 0) is 4.74 Å². The van der Waals surface area contributed by atoms with Gasteiger partial charge in [0.2, 0.25) is 0 Å². The summed E-state index contributed by atoms with van der Waals surface area (Å²) in [6, 6.07) is 15.8. The lowest BCUT2D eigenvalue weighted by molar-refractivity contribution is 0.0597. The zero-order valence-corrected chi connectivity index (χ0v) is 18.2. The van der Waals surface area contributed by atoms with Crippen LogP contribution in [0.2, 0.25) is 0 Å². The first-order valence-electron chi connectivity index (χ1n) is 9.93. The number of nitrogens with one attached hydrogen (secondary N) is 1. The summed E-state index contributed by atoms with van der Waals surface area (Å²) in [5.74, 6) is 0.563. The lowest BCUT2D eigenvalue weighted by Crippen LogP contribution is -2.19. The Morgan fingerprint density at radius 2 is 1.72 bits per heavy atom. The average molecular weight is 430 g/mol. The van der Waals surface area contributed by atoms with Gasteiger partial charge in [0.05, 0.1) is 31.0 Å². The van der Waals surface area contributed by atoms with E-state index in [-0.39, 0.29) is 11.1 Å². The Kier molecular flexibility index (Phi) is 5.59. The fourth-order valence-corrected chi connectivity index (χ4v) is 3.56. The van der Waals surface area contributed by atoms with Crippen molar-refractivity contribution in [3.05, 3.63) is 77.0 Å². The van der Waals surface area contributed by atoms with E-state index in [4.69, 9.17) is 14.5 Å². The first-order chi connectivity index (χ1) is 15.4. The third kappa shape index (κ3) is 3.78. The van der Waals surface area contributed by atoms with Crippen LogP contribution >= 0.6 is 0 Å². The summed E-state index contributed by atoms with van der Waals surface area (Å²) in [4.78, 5) is 29.8. The molecule has 32 heavy (non-hydrogen) atoms. The van der Waals surface area contributed by atoms with Crippen molar-refractivity contribution in [3.63, 3.8) is 0 Å². The van der Waals surface area contributed by atoms with E-state index in [1.54, 1.807) is 42.1 Å². The number of nitrogens with zero attached hydrogens (tertiary/aromatic N) is 3. The maximum Gasteiger partial charge on any atom is 0.338 e. The van der Waals surface area contributed by atoms with Crippen LogP contribution in [0.5, 0.6) is 5.75 Å². The quantitative estimate of drug-likeness (QED) is 0.479. The number of amides is 1. The number of esters is 1. The van der Waals surface area contributed by atoms with Crippen molar-refractivity contribution in [2.75, 3.05) is 19.5 Å². The molecule has 0 unspecified atom stereocenters. The summed E-state index contributed by atoms with van der Waals surface area (Å²) in [5, 5.41) is 8.32. The van der Waals surface area contributed by atoms with Gasteiger partial charge in [0.25, 0.3) is 5.91 Å². The molecule has 0 spiro atoms. The zero-order valence-electron chi connectivity index (χ0n) is 18.2. The number of pyridine rings is 1. The van der Waals surface area contributed by atoms with Gasteiger partial charge in [-0.25, -0.2) is 9.78 Å². The highest BCUT2D eigenvalue weighted by molar-refractivity contribution is 6.10. The van der Waals surface area contributed by atoms with Crippen LogP contribution in [0.3, 0.4) is 0 Å². The van der Waals surface area contributed by atoms with Gasteiger partial charge in [0.1, 0.15) is 17.1 Å². The number of hydrogen-bond acceptors (Lipinski definition) is 6. The third-order valence-electron chi connectivity index (χ3n) is 5.08. The number of benzene rings is 2. The summed E-state index contributed by atoms with van der Waals surface area (Å²) in [6.07, 6.45) is 0. The van der Waals surface area contributed by atoms with Crippen molar-refractivity contribution in [2.45, 2.75) is 13.8 Å². The molecular formula is C24H22N4O4. The number of anilines is 1. The van der Waals surface area contributed by atoms with Crippen LogP contribution in [0, 0.1) is 13.8 Å². The SMILES string of the molecule is COC(=O)c1ccccc1C(=O)Nc1cc(C)nn1-c1cc(C)c2cccc(OC)c2n1. The molecule has 1 amide bonds. The molecule has 0 aliphatic heterocycles. The van der Waals surface area contributed by atoms with Crippen LogP contribution in [0.4, 0.5) is 5.82 Å². The number of methoxy groups -OCH3 is 2. The molecule has 0 aliphatic rings. The van der Waals surface area contributed by atoms with Gasteiger partial charge in [0, 0.05) is 11.5 Å². The molecule has 2 aromatic heterocycles. The number of rotatable bonds is 5. The van der Waals surface area contributed by atoms with E-state index in [1.807, 2.05) is 38.1 Å². The highest BCUT2D eigenvalue weighted by Crippen LogP contribution is 2.28. The lowest BCUT2D eigenvalue weighted by atomic mass is 10.1. The molecule has 0 saturated heterocycles. The smallest absolute Gasteiger partial charge is 0.338 e. The number of aromatic nitrogens is 3. The highest BCUT2D eigenvalue weighted by atomic mass is 16.5.